The molecule has 0 N–H and O–H groups in total. The van der Waals surface area contributed by atoms with E-state index in [-0.39, 0.29) is 95.9 Å². The summed E-state index contributed by atoms with van der Waals surface area (Å²) in [6.45, 7) is -0.635. The van der Waals surface area contributed by atoms with Crippen LogP contribution in [0.2, 0.25) is 0 Å². The number of hydrogen-bond acceptors (Lipinski definition) is 10. The first-order valence-corrected chi connectivity index (χ1v) is 19.3. The Morgan fingerprint density at radius 2 is 1.17 bits per heavy atom. The van der Waals surface area contributed by atoms with Gasteiger partial charge in [0.25, 0.3) is 0 Å². The van der Waals surface area contributed by atoms with Crippen LogP contribution in [0, 0.1) is 29.0 Å². The molecule has 2 atom stereocenters. The fraction of sp³-hybridized carbons (Fsp3) is 0.600. The minimum Gasteiger partial charge on any atom is -0.493 e. The van der Waals surface area contributed by atoms with Gasteiger partial charge in [0.05, 0.1) is 56.9 Å². The van der Waals surface area contributed by atoms with Crippen molar-refractivity contribution in [3.05, 3.63) is 59.9 Å². The van der Waals surface area contributed by atoms with Gasteiger partial charge in [-0.25, -0.2) is 4.39 Å². The van der Waals surface area contributed by atoms with Crippen LogP contribution in [0.5, 0.6) is 11.5 Å². The number of hydrogen-bond donors (Lipinski definition) is 0. The lowest BCUT2D eigenvalue weighted by Gasteiger charge is -2.39. The number of unbranched alkanes of at least 4 members (excludes halogenated alkanes) is 1. The van der Waals surface area contributed by atoms with E-state index in [0.29, 0.717) is 5.75 Å². The monoisotopic (exact) mass is 947 g/mol. The van der Waals surface area contributed by atoms with E-state index in [4.69, 9.17) is 28.9 Å². The number of esters is 3. The molecule has 2 unspecified atom stereocenters. The van der Waals surface area contributed by atoms with Crippen LogP contribution in [-0.4, -0.2) is 99.9 Å². The molecule has 0 spiro atoms. The summed E-state index contributed by atoms with van der Waals surface area (Å²) < 4.78 is 219. The van der Waals surface area contributed by atoms with E-state index in [0.717, 1.165) is 6.07 Å². The normalized spacial score (nSPS) is 13.7. The van der Waals surface area contributed by atoms with Crippen molar-refractivity contribution >= 4 is 17.9 Å². The minimum absolute atomic E-state index is 0.0219. The first-order valence-electron chi connectivity index (χ1n) is 19.3. The van der Waals surface area contributed by atoms with Crippen LogP contribution < -0.4 is 9.47 Å². The summed E-state index contributed by atoms with van der Waals surface area (Å²) in [4.78, 5) is 38.2. The Morgan fingerprint density at radius 3 is 1.78 bits per heavy atom. The highest BCUT2D eigenvalue weighted by molar-refractivity contribution is 5.75. The van der Waals surface area contributed by atoms with Gasteiger partial charge in [-0.2, -0.15) is 62.3 Å². The maximum Gasteiger partial charge on any atom is 0.460 e. The fourth-order valence-electron chi connectivity index (χ4n) is 5.40. The van der Waals surface area contributed by atoms with Gasteiger partial charge in [-0.1, -0.05) is 25.1 Å². The molecule has 0 radical (unpaired) electrons. The number of alkyl halides is 13. The van der Waals surface area contributed by atoms with Crippen molar-refractivity contribution in [3.8, 4) is 17.6 Å². The number of ether oxygens (including phenoxy) is 6. The van der Waals surface area contributed by atoms with Gasteiger partial charge in [-0.3, -0.25) is 14.4 Å². The lowest BCUT2D eigenvalue weighted by Crippen LogP contribution is -2.70. The second-order valence-electron chi connectivity index (χ2n) is 13.8. The summed E-state index contributed by atoms with van der Waals surface area (Å²) >= 11 is 0. The predicted octanol–water partition coefficient (Wildman–Crippen LogP) is 9.91. The van der Waals surface area contributed by atoms with Crippen LogP contribution in [-0.2, 0) is 33.3 Å². The molecule has 0 aliphatic rings. The van der Waals surface area contributed by atoms with E-state index in [1.165, 1.54) is 19.1 Å². The molecule has 2 aromatic carbocycles. The van der Waals surface area contributed by atoms with Gasteiger partial charge >= 0.3 is 53.7 Å². The van der Waals surface area contributed by atoms with Gasteiger partial charge in [-0.15, -0.1) is 0 Å². The van der Waals surface area contributed by atoms with E-state index in [1.54, 1.807) is 36.4 Å². The number of carbonyl (C=O) groups excluding carboxylic acids is 3. The zero-order chi connectivity index (χ0) is 48.4. The van der Waals surface area contributed by atoms with Crippen LogP contribution in [0.15, 0.2) is 48.5 Å². The van der Waals surface area contributed by atoms with E-state index in [1.807, 2.05) is 0 Å². The minimum atomic E-state index is -8.07. The number of nitrogens with zero attached hydrogens (tertiary/aromatic N) is 1. The van der Waals surface area contributed by atoms with E-state index in [9.17, 15) is 75.8 Å². The van der Waals surface area contributed by atoms with E-state index < -0.39 is 84.4 Å². The van der Waals surface area contributed by atoms with Crippen molar-refractivity contribution < 1.29 is 104 Å². The molecular formula is C40H43F14NO9. The maximum absolute atomic E-state index is 14.2. The molecule has 360 valence electrons. The second kappa shape index (κ2) is 24.3. The summed E-state index contributed by atoms with van der Waals surface area (Å²) in [6, 6.07) is 14.0. The smallest absolute Gasteiger partial charge is 0.460 e. The zero-order valence-corrected chi connectivity index (χ0v) is 33.8. The summed E-state index contributed by atoms with van der Waals surface area (Å²) in [7, 11) is 0. The third-order valence-electron chi connectivity index (χ3n) is 9.22. The second-order valence-corrected chi connectivity index (χ2v) is 13.8. The average Bonchev–Trinajstić information content (AvgIpc) is 3.22. The van der Waals surface area contributed by atoms with Crippen LogP contribution in [0.3, 0.4) is 0 Å². The Morgan fingerprint density at radius 1 is 0.609 bits per heavy atom. The van der Waals surface area contributed by atoms with Gasteiger partial charge in [0.2, 0.25) is 0 Å². The summed E-state index contributed by atoms with van der Waals surface area (Å²) in [5.41, 5.74) is -0.199. The highest BCUT2D eigenvalue weighted by Gasteiger charge is 2.90. The Labute approximate surface area is 357 Å². The number of halogens is 14. The van der Waals surface area contributed by atoms with Gasteiger partial charge < -0.3 is 28.4 Å². The lowest BCUT2D eigenvalue weighted by molar-refractivity contribution is -0.440. The van der Waals surface area contributed by atoms with Crippen molar-refractivity contribution in [1.29, 1.82) is 5.26 Å². The molecule has 2 aromatic rings. The molecule has 0 bridgehead atoms. The largest absolute Gasteiger partial charge is 0.493 e. The Balaban J connectivity index is 1.99. The molecule has 0 amide bonds. The standard InChI is InChI=1S/C40H43F14NO9/c1-2-26(33(57)64-19-16-35(42,43)36(44,45)37(46,47)38(48,49)39(50,51)40(52,53)54)10-11-27(13-15-32(56)62-23-21-59-20-22-61-29-8-4-3-5-9-29)34(58)63-18-7-6-17-60-30-14-12-28(25-55)31(41)24-30/h3-5,8-9,12,14,24,26-27H,2,6-7,10-11,13,15-23H2,1H3. The number of para-hydroxylation sites is 1. The molecule has 2 rings (SSSR count). The predicted molar refractivity (Wildman–Crippen MR) is 193 cm³/mol. The van der Waals surface area contributed by atoms with E-state index in [2.05, 4.69) is 4.74 Å². The zero-order valence-electron chi connectivity index (χ0n) is 33.8. The van der Waals surface area contributed by atoms with Crippen LogP contribution >= 0.6 is 0 Å². The maximum atomic E-state index is 14.2. The molecule has 64 heavy (non-hydrogen) atoms. The highest BCUT2D eigenvalue weighted by Crippen LogP contribution is 2.60. The molecule has 0 saturated carbocycles. The fourth-order valence-corrected chi connectivity index (χ4v) is 5.40. The number of carbonyl (C=O) groups is 3. The third-order valence-corrected chi connectivity index (χ3v) is 9.22. The number of rotatable bonds is 29. The molecule has 0 fully saturated rings. The van der Waals surface area contributed by atoms with Gasteiger partial charge in [0.1, 0.15) is 36.6 Å². The lowest BCUT2D eigenvalue weighted by atomic mass is 9.91. The molecule has 24 heteroatoms. The quantitative estimate of drug-likeness (QED) is 0.0336. The van der Waals surface area contributed by atoms with Crippen molar-refractivity contribution in [2.45, 2.75) is 94.1 Å². The summed E-state index contributed by atoms with van der Waals surface area (Å²) in [6.07, 6.45) is -11.3. The Hall–Kier alpha value is -5.08. The first kappa shape index (κ1) is 55.1. The van der Waals surface area contributed by atoms with Gasteiger partial charge in [0, 0.05) is 12.5 Å². The van der Waals surface area contributed by atoms with Crippen molar-refractivity contribution in [2.75, 3.05) is 46.2 Å². The number of benzene rings is 2. The molecule has 0 aliphatic heterocycles. The molecular weight excluding hydrogens is 904 g/mol. The van der Waals surface area contributed by atoms with Crippen LogP contribution in [0.25, 0.3) is 0 Å². The van der Waals surface area contributed by atoms with Crippen molar-refractivity contribution in [2.24, 2.45) is 11.8 Å². The molecule has 10 nitrogen and oxygen atoms in total. The summed E-state index contributed by atoms with van der Waals surface area (Å²) in [5, 5.41) is 8.83. The van der Waals surface area contributed by atoms with Crippen LogP contribution in [0.4, 0.5) is 61.5 Å². The highest BCUT2D eigenvalue weighted by atomic mass is 19.4. The SMILES string of the molecule is CCC(CCC(CCC(=O)OCCOCCOc1ccccc1)C(=O)OCCCCOc1ccc(C#N)c(F)c1)C(=O)OCCC(F)(F)C(F)(F)C(F)(F)C(F)(F)C(F)(F)C(F)(F)F. The Kier molecular flexibility index (Phi) is 20.9. The molecule has 0 aromatic heterocycles. The third kappa shape index (κ3) is 15.0. The van der Waals surface area contributed by atoms with Crippen LogP contribution in [0.1, 0.15) is 63.9 Å². The Bertz CT molecular complexity index is 1830. The first-order chi connectivity index (χ1) is 29.8. The molecule has 0 aliphatic carbocycles. The molecule has 0 heterocycles. The van der Waals surface area contributed by atoms with Gasteiger partial charge in [-0.05, 0) is 62.8 Å². The van der Waals surface area contributed by atoms with Crippen molar-refractivity contribution in [3.63, 3.8) is 0 Å². The van der Waals surface area contributed by atoms with Gasteiger partial charge in [0.15, 0.2) is 0 Å². The topological polar surface area (TPSA) is 130 Å². The summed E-state index contributed by atoms with van der Waals surface area (Å²) in [5.74, 6) is -43.6. The van der Waals surface area contributed by atoms with E-state index >= 15 is 0 Å². The van der Waals surface area contributed by atoms with Crippen molar-refractivity contribution in [1.82, 2.24) is 0 Å². The number of nitriles is 1. The molecule has 0 saturated heterocycles. The average molecular weight is 948 g/mol.